The summed E-state index contributed by atoms with van der Waals surface area (Å²) in [6.07, 6.45) is 5.80. The Morgan fingerprint density at radius 3 is 2.88 bits per heavy atom. The highest BCUT2D eigenvalue weighted by molar-refractivity contribution is 9.10. The summed E-state index contributed by atoms with van der Waals surface area (Å²) in [4.78, 5) is 6.53. The van der Waals surface area contributed by atoms with E-state index in [1.807, 2.05) is 13.1 Å². The molecular weight excluding hydrogens is 268 g/mol. The van der Waals surface area contributed by atoms with Crippen LogP contribution in [-0.2, 0) is 6.61 Å². The molecule has 1 aromatic heterocycles. The van der Waals surface area contributed by atoms with E-state index in [0.717, 1.165) is 28.3 Å². The second-order valence-corrected chi connectivity index (χ2v) is 5.39. The molecule has 4 heteroatoms. The molecule has 0 saturated heterocycles. The molecule has 0 aliphatic heterocycles. The van der Waals surface area contributed by atoms with Gasteiger partial charge in [-0.05, 0) is 40.8 Å². The van der Waals surface area contributed by atoms with Gasteiger partial charge in [-0.25, -0.2) is 4.98 Å². The van der Waals surface area contributed by atoms with E-state index < -0.39 is 0 Å². The van der Waals surface area contributed by atoms with Crippen LogP contribution in [0.2, 0.25) is 0 Å². The van der Waals surface area contributed by atoms with Gasteiger partial charge in [-0.2, -0.15) is 0 Å². The lowest BCUT2D eigenvalue weighted by Crippen LogP contribution is -2.30. The largest absolute Gasteiger partial charge is 0.392 e. The maximum atomic E-state index is 9.31. The Balaban J connectivity index is 2.11. The van der Waals surface area contributed by atoms with Crippen molar-refractivity contribution in [3.05, 3.63) is 22.3 Å². The molecule has 0 bridgehead atoms. The Bertz CT molecular complexity index is 366. The van der Waals surface area contributed by atoms with Gasteiger partial charge in [-0.3, -0.25) is 0 Å². The zero-order chi connectivity index (χ0) is 11.5. The average molecular weight is 285 g/mol. The van der Waals surface area contributed by atoms with Gasteiger partial charge in [0, 0.05) is 29.8 Å². The maximum Gasteiger partial charge on any atom is 0.133 e. The van der Waals surface area contributed by atoms with Crippen molar-refractivity contribution in [1.82, 2.24) is 4.98 Å². The Morgan fingerprint density at radius 2 is 2.31 bits per heavy atom. The van der Waals surface area contributed by atoms with Gasteiger partial charge < -0.3 is 10.0 Å². The molecule has 16 heavy (non-hydrogen) atoms. The molecule has 1 aliphatic carbocycles. The summed E-state index contributed by atoms with van der Waals surface area (Å²) < 4.78 is 0.914. The lowest BCUT2D eigenvalue weighted by Gasteiger charge is -2.31. The summed E-state index contributed by atoms with van der Waals surface area (Å²) in [7, 11) is 2.05. The Kier molecular flexibility index (Phi) is 3.82. The predicted octanol–water partition coefficient (Wildman–Crippen LogP) is 2.57. The third kappa shape index (κ3) is 2.55. The molecule has 0 spiro atoms. The van der Waals surface area contributed by atoms with E-state index in [0.29, 0.717) is 0 Å². The van der Waals surface area contributed by atoms with Crippen LogP contribution in [0.5, 0.6) is 0 Å². The number of aromatic nitrogens is 1. The third-order valence-corrected chi connectivity index (χ3v) is 3.63. The van der Waals surface area contributed by atoms with Crippen LogP contribution in [0.25, 0.3) is 0 Å². The van der Waals surface area contributed by atoms with Crippen molar-refractivity contribution in [2.45, 2.75) is 25.9 Å². The van der Waals surface area contributed by atoms with Crippen molar-refractivity contribution >= 4 is 21.7 Å². The molecule has 1 N–H and O–H groups in total. The Hall–Kier alpha value is -0.610. The normalized spacial score (nSPS) is 15.9. The van der Waals surface area contributed by atoms with Crippen LogP contribution in [0.4, 0.5) is 5.82 Å². The number of nitrogens with zero attached hydrogens (tertiary/aromatic N) is 2. The topological polar surface area (TPSA) is 36.4 Å². The fourth-order valence-corrected chi connectivity index (χ4v) is 2.46. The first-order chi connectivity index (χ1) is 7.70. The van der Waals surface area contributed by atoms with Gasteiger partial charge in [-0.1, -0.05) is 6.42 Å². The van der Waals surface area contributed by atoms with Crippen LogP contribution in [0.1, 0.15) is 24.8 Å². The first-order valence-corrected chi connectivity index (χ1v) is 6.46. The van der Waals surface area contributed by atoms with Crippen molar-refractivity contribution in [1.29, 1.82) is 0 Å². The van der Waals surface area contributed by atoms with Gasteiger partial charge in [0.15, 0.2) is 0 Å². The molecule has 1 aromatic rings. The summed E-state index contributed by atoms with van der Waals surface area (Å²) in [6, 6.07) is 1.93. The van der Waals surface area contributed by atoms with E-state index in [2.05, 4.69) is 25.8 Å². The fraction of sp³-hybridized carbons (Fsp3) is 0.583. The zero-order valence-electron chi connectivity index (χ0n) is 9.49. The average Bonchev–Trinajstić information content (AvgIpc) is 2.23. The summed E-state index contributed by atoms with van der Waals surface area (Å²) >= 11 is 3.37. The van der Waals surface area contributed by atoms with E-state index in [1.165, 1.54) is 19.3 Å². The van der Waals surface area contributed by atoms with E-state index in [-0.39, 0.29) is 6.61 Å². The number of anilines is 1. The molecule has 88 valence electrons. The van der Waals surface area contributed by atoms with Crippen molar-refractivity contribution in [3.63, 3.8) is 0 Å². The van der Waals surface area contributed by atoms with Crippen LogP contribution in [0.3, 0.4) is 0 Å². The number of pyridine rings is 1. The Morgan fingerprint density at radius 1 is 1.56 bits per heavy atom. The lowest BCUT2D eigenvalue weighted by atomic mass is 9.85. The molecule has 0 amide bonds. The summed E-state index contributed by atoms with van der Waals surface area (Å²) in [5.74, 6) is 1.71. The molecule has 2 rings (SSSR count). The molecule has 1 heterocycles. The number of halogens is 1. The smallest absolute Gasteiger partial charge is 0.133 e. The molecule has 0 unspecified atom stereocenters. The first kappa shape index (κ1) is 11.9. The molecule has 0 atom stereocenters. The van der Waals surface area contributed by atoms with E-state index in [4.69, 9.17) is 0 Å². The Labute approximate surface area is 105 Å². The van der Waals surface area contributed by atoms with Gasteiger partial charge in [0.25, 0.3) is 0 Å². The summed E-state index contributed by atoms with van der Waals surface area (Å²) in [5.41, 5.74) is 0.885. The monoisotopic (exact) mass is 284 g/mol. The first-order valence-electron chi connectivity index (χ1n) is 5.67. The van der Waals surface area contributed by atoms with Crippen LogP contribution in [0, 0.1) is 5.92 Å². The van der Waals surface area contributed by atoms with Gasteiger partial charge in [0.2, 0.25) is 0 Å². The number of hydrogen-bond donors (Lipinski definition) is 1. The predicted molar refractivity (Wildman–Crippen MR) is 68.5 cm³/mol. The van der Waals surface area contributed by atoms with E-state index in [9.17, 15) is 5.11 Å². The number of rotatable bonds is 4. The second kappa shape index (κ2) is 5.15. The van der Waals surface area contributed by atoms with Gasteiger partial charge in [-0.15, -0.1) is 0 Å². The minimum Gasteiger partial charge on any atom is -0.392 e. The van der Waals surface area contributed by atoms with Gasteiger partial charge in [0.1, 0.15) is 5.82 Å². The molecular formula is C12H17BrN2O. The number of aliphatic hydroxyl groups is 1. The lowest BCUT2D eigenvalue weighted by molar-refractivity contribution is 0.280. The van der Waals surface area contributed by atoms with Crippen LogP contribution < -0.4 is 4.90 Å². The van der Waals surface area contributed by atoms with Crippen LogP contribution in [0.15, 0.2) is 16.7 Å². The fourth-order valence-electron chi connectivity index (χ4n) is 2.08. The minimum absolute atomic E-state index is 0.0385. The third-order valence-electron chi connectivity index (χ3n) is 3.20. The number of aliphatic hydroxyl groups excluding tert-OH is 1. The minimum atomic E-state index is 0.0385. The standard InChI is InChI=1S/C12H17BrN2O/c1-15(7-9-3-2-4-9)12-10(8-16)5-11(13)6-14-12/h5-6,9,16H,2-4,7-8H2,1H3. The number of hydrogen-bond acceptors (Lipinski definition) is 3. The van der Waals surface area contributed by atoms with Crippen molar-refractivity contribution in [3.8, 4) is 0 Å². The highest BCUT2D eigenvalue weighted by atomic mass is 79.9. The maximum absolute atomic E-state index is 9.31. The van der Waals surface area contributed by atoms with E-state index >= 15 is 0 Å². The molecule has 1 aliphatic rings. The molecule has 0 aromatic carbocycles. The van der Waals surface area contributed by atoms with Crippen LogP contribution >= 0.6 is 15.9 Å². The van der Waals surface area contributed by atoms with Crippen molar-refractivity contribution < 1.29 is 5.11 Å². The van der Waals surface area contributed by atoms with Crippen LogP contribution in [-0.4, -0.2) is 23.7 Å². The summed E-state index contributed by atoms with van der Waals surface area (Å²) in [6.45, 7) is 1.08. The molecule has 0 radical (unpaired) electrons. The molecule has 1 fully saturated rings. The molecule has 1 saturated carbocycles. The quantitative estimate of drug-likeness (QED) is 0.923. The van der Waals surface area contributed by atoms with E-state index in [1.54, 1.807) is 6.20 Å². The van der Waals surface area contributed by atoms with Gasteiger partial charge in [0.05, 0.1) is 6.61 Å². The zero-order valence-corrected chi connectivity index (χ0v) is 11.1. The molecule has 3 nitrogen and oxygen atoms in total. The second-order valence-electron chi connectivity index (χ2n) is 4.47. The highest BCUT2D eigenvalue weighted by Crippen LogP contribution is 2.29. The summed E-state index contributed by atoms with van der Waals surface area (Å²) in [5, 5.41) is 9.31. The highest BCUT2D eigenvalue weighted by Gasteiger charge is 2.20. The van der Waals surface area contributed by atoms with Gasteiger partial charge >= 0.3 is 0 Å². The van der Waals surface area contributed by atoms with Crippen molar-refractivity contribution in [2.75, 3.05) is 18.5 Å². The van der Waals surface area contributed by atoms with Crippen molar-refractivity contribution in [2.24, 2.45) is 5.92 Å². The SMILES string of the molecule is CN(CC1CCC1)c1ncc(Br)cc1CO.